The number of primary sulfonamides is 1. The SMILES string of the molecule is NS(=O)(=O)c1ccc(NC(=O)Cn2c3c(sc2=O)[C@H](c2cccc(Cl)c2Cl)C2C(=O)N(c4ccc(Cl)cc4)C(=O)C2S3)cc1. The number of nitrogens with zero attached hydrogens (tertiary/aromatic N) is 2. The number of thiazole rings is 1. The Hall–Kier alpha value is -3.17. The van der Waals surface area contributed by atoms with Crippen molar-refractivity contribution in [3.63, 3.8) is 0 Å². The first kappa shape index (κ1) is 30.8. The van der Waals surface area contributed by atoms with Crippen molar-refractivity contribution >= 4 is 97.0 Å². The molecule has 3 N–H and O–H groups in total. The lowest BCUT2D eigenvalue weighted by molar-refractivity contribution is -0.122. The van der Waals surface area contributed by atoms with E-state index in [0.717, 1.165) is 28.0 Å². The highest BCUT2D eigenvalue weighted by atomic mass is 35.5. The minimum absolute atomic E-state index is 0.126. The third-order valence-electron chi connectivity index (χ3n) is 7.22. The quantitative estimate of drug-likeness (QED) is 0.269. The van der Waals surface area contributed by atoms with Crippen LogP contribution in [0.5, 0.6) is 0 Å². The number of benzene rings is 3. The zero-order chi connectivity index (χ0) is 31.5. The Balaban J connectivity index is 1.39. The molecule has 4 aromatic rings. The molecule has 1 aromatic heterocycles. The molecule has 226 valence electrons. The van der Waals surface area contributed by atoms with Gasteiger partial charge < -0.3 is 5.32 Å². The molecule has 3 amide bonds. The van der Waals surface area contributed by atoms with Crippen LogP contribution in [0, 0.1) is 5.92 Å². The Morgan fingerprint density at radius 2 is 1.61 bits per heavy atom. The fourth-order valence-corrected chi connectivity index (χ4v) is 9.10. The smallest absolute Gasteiger partial charge is 0.308 e. The number of nitrogens with two attached hydrogens (primary N) is 1. The molecule has 3 heterocycles. The third-order valence-corrected chi connectivity index (χ3v) is 11.8. The summed E-state index contributed by atoms with van der Waals surface area (Å²) >= 11 is 20.9. The predicted octanol–water partition coefficient (Wildman–Crippen LogP) is 4.95. The minimum atomic E-state index is -3.92. The standard InChI is InChI=1S/C28H19Cl3N4O6S3/c29-13-4-8-15(9-5-13)35-25(37)21-20(17-2-1-3-18(30)22(17)31)24-27(42-23(21)26(35)38)34(28(39)43-24)12-19(36)33-14-6-10-16(11-7-14)44(32,40)41/h1-11,20-21,23H,12H2,(H,33,36)(H2,32,40,41)/t20-,21?,23?/m1/s1. The Morgan fingerprint density at radius 3 is 2.27 bits per heavy atom. The number of fused-ring (bicyclic) bond motifs is 2. The molecule has 6 rings (SSSR count). The van der Waals surface area contributed by atoms with Crippen molar-refractivity contribution in [1.82, 2.24) is 4.57 Å². The normalized spacial score (nSPS) is 19.5. The van der Waals surface area contributed by atoms with E-state index in [0.29, 0.717) is 26.2 Å². The molecule has 1 saturated heterocycles. The Morgan fingerprint density at radius 1 is 0.932 bits per heavy atom. The van der Waals surface area contributed by atoms with Crippen molar-refractivity contribution in [3.8, 4) is 0 Å². The van der Waals surface area contributed by atoms with E-state index < -0.39 is 56.2 Å². The Labute approximate surface area is 273 Å². The summed E-state index contributed by atoms with van der Waals surface area (Å²) in [6.45, 7) is -0.412. The first-order chi connectivity index (χ1) is 20.8. The van der Waals surface area contributed by atoms with Gasteiger partial charge in [0.05, 0.1) is 31.6 Å². The van der Waals surface area contributed by atoms with Crippen molar-refractivity contribution < 1.29 is 22.8 Å². The summed E-state index contributed by atoms with van der Waals surface area (Å²) in [5.74, 6) is -3.23. The van der Waals surface area contributed by atoms with Crippen molar-refractivity contribution in [2.24, 2.45) is 11.1 Å². The molecular formula is C28H19Cl3N4O6S3. The maximum absolute atomic E-state index is 14.0. The average molecular weight is 710 g/mol. The molecule has 1 fully saturated rings. The highest BCUT2D eigenvalue weighted by Crippen LogP contribution is 2.55. The van der Waals surface area contributed by atoms with Crippen molar-refractivity contribution in [2.75, 3.05) is 10.2 Å². The van der Waals surface area contributed by atoms with Gasteiger partial charge in [0, 0.05) is 21.5 Å². The topological polar surface area (TPSA) is 149 Å². The van der Waals surface area contributed by atoms with Gasteiger partial charge in [0.2, 0.25) is 27.7 Å². The second-order valence-electron chi connectivity index (χ2n) is 9.91. The summed E-state index contributed by atoms with van der Waals surface area (Å²) < 4.78 is 24.3. The number of hydrogen-bond acceptors (Lipinski definition) is 8. The maximum Gasteiger partial charge on any atom is 0.308 e. The van der Waals surface area contributed by atoms with Gasteiger partial charge in [-0.15, -0.1) is 0 Å². The van der Waals surface area contributed by atoms with E-state index in [1.807, 2.05) is 0 Å². The van der Waals surface area contributed by atoms with Gasteiger partial charge in [-0.1, -0.05) is 70.0 Å². The summed E-state index contributed by atoms with van der Waals surface area (Å²) in [6, 6.07) is 16.5. The zero-order valence-electron chi connectivity index (χ0n) is 22.1. The van der Waals surface area contributed by atoms with Crippen LogP contribution in [-0.2, 0) is 31.0 Å². The van der Waals surface area contributed by atoms with E-state index in [-0.39, 0.29) is 20.6 Å². The van der Waals surface area contributed by atoms with E-state index in [2.05, 4.69) is 5.32 Å². The molecule has 2 unspecified atom stereocenters. The number of thioether (sulfide) groups is 1. The summed E-state index contributed by atoms with van der Waals surface area (Å²) in [5, 5.41) is 8.06. The number of halogens is 3. The number of anilines is 2. The molecule has 0 radical (unpaired) electrons. The molecule has 16 heteroatoms. The van der Waals surface area contributed by atoms with E-state index in [4.69, 9.17) is 39.9 Å². The molecule has 3 atom stereocenters. The lowest BCUT2D eigenvalue weighted by Crippen LogP contribution is -2.33. The number of nitrogens with one attached hydrogen (secondary N) is 1. The lowest BCUT2D eigenvalue weighted by Gasteiger charge is -2.31. The van der Waals surface area contributed by atoms with E-state index in [9.17, 15) is 27.6 Å². The molecule has 44 heavy (non-hydrogen) atoms. The molecule has 2 aliphatic rings. The molecule has 3 aromatic carbocycles. The maximum atomic E-state index is 14.0. The fraction of sp³-hybridized carbons (Fsp3) is 0.143. The third kappa shape index (κ3) is 5.47. The van der Waals surface area contributed by atoms with Crippen LogP contribution < -0.4 is 20.2 Å². The lowest BCUT2D eigenvalue weighted by atomic mass is 9.83. The van der Waals surface area contributed by atoms with Gasteiger partial charge in [0.1, 0.15) is 11.8 Å². The summed E-state index contributed by atoms with van der Waals surface area (Å²) in [7, 11) is -3.92. The molecule has 2 aliphatic heterocycles. The number of carbonyl (C=O) groups is 3. The van der Waals surface area contributed by atoms with Crippen LogP contribution in [0.25, 0.3) is 0 Å². The number of carbonyl (C=O) groups excluding carboxylic acids is 3. The average Bonchev–Trinajstić information content (AvgIpc) is 3.41. The number of aromatic nitrogens is 1. The first-order valence-electron chi connectivity index (χ1n) is 12.8. The highest BCUT2D eigenvalue weighted by Gasteiger charge is 2.57. The second-order valence-corrected chi connectivity index (χ2v) is 14.8. The summed E-state index contributed by atoms with van der Waals surface area (Å²) in [4.78, 5) is 55.2. The van der Waals surface area contributed by atoms with Crippen molar-refractivity contribution in [3.05, 3.63) is 102 Å². The van der Waals surface area contributed by atoms with Crippen molar-refractivity contribution in [1.29, 1.82) is 0 Å². The zero-order valence-corrected chi connectivity index (χ0v) is 26.8. The second kappa shape index (κ2) is 11.6. The Bertz CT molecular complexity index is 2010. The molecule has 0 spiro atoms. The van der Waals surface area contributed by atoms with Gasteiger partial charge >= 0.3 is 4.87 Å². The summed E-state index contributed by atoms with van der Waals surface area (Å²) in [5.41, 5.74) is 1.11. The van der Waals surface area contributed by atoms with E-state index in [1.54, 1.807) is 42.5 Å². The van der Waals surface area contributed by atoms with Crippen LogP contribution in [-0.4, -0.2) is 36.0 Å². The number of imide groups is 1. The number of rotatable bonds is 6. The highest BCUT2D eigenvalue weighted by molar-refractivity contribution is 8.00. The van der Waals surface area contributed by atoms with Gasteiger partial charge in [-0.2, -0.15) is 0 Å². The first-order valence-corrected chi connectivity index (χ1v) is 17.1. The van der Waals surface area contributed by atoms with Gasteiger partial charge in [-0.3, -0.25) is 23.7 Å². The molecule has 0 saturated carbocycles. The molecule has 0 aliphatic carbocycles. The molecule has 0 bridgehead atoms. The van der Waals surface area contributed by atoms with Crippen LogP contribution in [0.3, 0.4) is 0 Å². The van der Waals surface area contributed by atoms with Crippen LogP contribution >= 0.6 is 57.9 Å². The van der Waals surface area contributed by atoms with E-state index >= 15 is 0 Å². The van der Waals surface area contributed by atoms with Gasteiger partial charge in [0.15, 0.2) is 0 Å². The van der Waals surface area contributed by atoms with Crippen molar-refractivity contribution in [2.45, 2.75) is 27.6 Å². The molecular weight excluding hydrogens is 691 g/mol. The van der Waals surface area contributed by atoms with Gasteiger partial charge in [0.25, 0.3) is 0 Å². The summed E-state index contributed by atoms with van der Waals surface area (Å²) in [6.07, 6.45) is 0. The van der Waals surface area contributed by atoms with Crippen LogP contribution in [0.2, 0.25) is 15.1 Å². The van der Waals surface area contributed by atoms with E-state index in [1.165, 1.54) is 28.8 Å². The largest absolute Gasteiger partial charge is 0.325 e. The van der Waals surface area contributed by atoms with Crippen LogP contribution in [0.1, 0.15) is 16.4 Å². The predicted molar refractivity (Wildman–Crippen MR) is 170 cm³/mol. The number of amides is 3. The van der Waals surface area contributed by atoms with Gasteiger partial charge in [-0.25, -0.2) is 18.5 Å². The number of hydrogen-bond donors (Lipinski definition) is 2. The Kier molecular flexibility index (Phi) is 8.16. The van der Waals surface area contributed by atoms with Crippen LogP contribution in [0.4, 0.5) is 11.4 Å². The van der Waals surface area contributed by atoms with Gasteiger partial charge in [-0.05, 0) is 60.2 Å². The number of sulfonamides is 1. The van der Waals surface area contributed by atoms with Crippen LogP contribution in [0.15, 0.2) is 81.4 Å². The fourth-order valence-electron chi connectivity index (χ4n) is 5.27. The minimum Gasteiger partial charge on any atom is -0.325 e. The monoisotopic (exact) mass is 708 g/mol. The molecule has 10 nitrogen and oxygen atoms in total.